The van der Waals surface area contributed by atoms with E-state index >= 15 is 0 Å². The normalized spacial score (nSPS) is 18.6. The lowest BCUT2D eigenvalue weighted by Gasteiger charge is -2.30. The van der Waals surface area contributed by atoms with Gasteiger partial charge in [0.25, 0.3) is 0 Å². The number of rotatable bonds is 6. The molecule has 0 bridgehead atoms. The molecule has 3 rings (SSSR count). The summed E-state index contributed by atoms with van der Waals surface area (Å²) < 4.78 is 27.1. The molecule has 2 aromatic rings. The molecule has 1 aliphatic rings. The van der Waals surface area contributed by atoms with E-state index in [9.17, 15) is 4.55 Å². The van der Waals surface area contributed by atoms with Crippen molar-refractivity contribution in [2.45, 2.75) is 57.1 Å². The van der Waals surface area contributed by atoms with E-state index in [1.54, 1.807) is 0 Å². The number of nitrogens with zero attached hydrogens (tertiary/aromatic N) is 1. The minimum Gasteiger partial charge on any atom is -0.598 e. The Bertz CT molecular complexity index is 762. The molecule has 1 aromatic heterocycles. The van der Waals surface area contributed by atoms with Gasteiger partial charge in [-0.3, -0.25) is 0 Å². The summed E-state index contributed by atoms with van der Waals surface area (Å²) in [5.41, 5.74) is 1.83. The third kappa shape index (κ3) is 5.56. The van der Waals surface area contributed by atoms with Crippen molar-refractivity contribution in [3.05, 3.63) is 41.0 Å². The van der Waals surface area contributed by atoms with Crippen LogP contribution in [0.5, 0.6) is 0 Å². The van der Waals surface area contributed by atoms with Gasteiger partial charge in [-0.15, -0.1) is 4.72 Å². The zero-order valence-electron chi connectivity index (χ0n) is 16.0. The van der Waals surface area contributed by atoms with E-state index in [4.69, 9.17) is 21.1 Å². The van der Waals surface area contributed by atoms with E-state index in [1.807, 2.05) is 51.1 Å². The molecule has 2 unspecified atom stereocenters. The van der Waals surface area contributed by atoms with E-state index in [0.717, 1.165) is 42.5 Å². The molecule has 0 amide bonds. The van der Waals surface area contributed by atoms with Crippen LogP contribution in [0.15, 0.2) is 30.3 Å². The number of nitrogens with one attached hydrogen (secondary N) is 1. The van der Waals surface area contributed by atoms with Gasteiger partial charge < -0.3 is 14.0 Å². The highest BCUT2D eigenvalue weighted by Crippen LogP contribution is 2.31. The Labute approximate surface area is 169 Å². The number of hydrogen-bond donors (Lipinski definition) is 1. The molecule has 2 atom stereocenters. The van der Waals surface area contributed by atoms with E-state index in [0.29, 0.717) is 11.6 Å². The average molecular weight is 411 g/mol. The SMILES string of the molecule is CC(C)(C)[S+]([O-])NC(CCC1OCCCO1)c1cc(Cl)nc2ccccc12. The molecular weight excluding hydrogens is 384 g/mol. The Kier molecular flexibility index (Phi) is 7.00. The van der Waals surface area contributed by atoms with E-state index in [1.165, 1.54) is 0 Å². The van der Waals surface area contributed by atoms with Crippen molar-refractivity contribution in [3.8, 4) is 0 Å². The molecule has 148 valence electrons. The molecule has 27 heavy (non-hydrogen) atoms. The Morgan fingerprint density at radius 2 is 2.00 bits per heavy atom. The minimum absolute atomic E-state index is 0.149. The number of para-hydroxylation sites is 1. The molecule has 1 fully saturated rings. The van der Waals surface area contributed by atoms with Gasteiger partial charge in [-0.05, 0) is 51.3 Å². The lowest BCUT2D eigenvalue weighted by molar-refractivity contribution is -0.182. The smallest absolute Gasteiger partial charge is 0.157 e. The van der Waals surface area contributed by atoms with E-state index < -0.39 is 11.4 Å². The van der Waals surface area contributed by atoms with Crippen molar-refractivity contribution < 1.29 is 14.0 Å². The molecule has 0 radical (unpaired) electrons. The molecule has 5 nitrogen and oxygen atoms in total. The summed E-state index contributed by atoms with van der Waals surface area (Å²) in [6.45, 7) is 7.32. The summed E-state index contributed by atoms with van der Waals surface area (Å²) in [4.78, 5) is 4.41. The number of aromatic nitrogens is 1. The molecule has 0 spiro atoms. The molecule has 7 heteroatoms. The van der Waals surface area contributed by atoms with Crippen LogP contribution >= 0.6 is 11.6 Å². The fourth-order valence-corrected chi connectivity index (χ4v) is 4.11. The molecule has 1 aromatic carbocycles. The van der Waals surface area contributed by atoms with E-state index in [-0.39, 0.29) is 17.1 Å². The number of pyridine rings is 1. The van der Waals surface area contributed by atoms with Gasteiger partial charge in [0.1, 0.15) is 9.90 Å². The van der Waals surface area contributed by atoms with Crippen LogP contribution in [0, 0.1) is 0 Å². The molecular formula is C20H27ClN2O3S. The summed E-state index contributed by atoms with van der Waals surface area (Å²) in [6, 6.07) is 9.60. The van der Waals surface area contributed by atoms with Crippen molar-refractivity contribution in [2.75, 3.05) is 13.2 Å². The van der Waals surface area contributed by atoms with Gasteiger partial charge in [-0.2, -0.15) is 0 Å². The summed E-state index contributed by atoms with van der Waals surface area (Å²) >= 11 is 5.06. The Morgan fingerprint density at radius 3 is 2.70 bits per heavy atom. The van der Waals surface area contributed by atoms with Crippen molar-refractivity contribution in [1.29, 1.82) is 0 Å². The second-order valence-electron chi connectivity index (χ2n) is 7.70. The number of halogens is 1. The number of ether oxygens (including phenoxy) is 2. The lowest BCUT2D eigenvalue weighted by atomic mass is 9.99. The van der Waals surface area contributed by atoms with Crippen LogP contribution in [0.4, 0.5) is 0 Å². The number of fused-ring (bicyclic) bond motifs is 1. The zero-order valence-corrected chi connectivity index (χ0v) is 17.6. The molecule has 1 aliphatic heterocycles. The zero-order chi connectivity index (χ0) is 19.4. The van der Waals surface area contributed by atoms with Crippen LogP contribution in [-0.2, 0) is 20.8 Å². The Hall–Kier alpha value is -0.890. The first-order chi connectivity index (χ1) is 12.8. The molecule has 1 N–H and O–H groups in total. The molecule has 0 saturated carbocycles. The molecule has 0 aliphatic carbocycles. The number of benzene rings is 1. The lowest BCUT2D eigenvalue weighted by Crippen LogP contribution is -2.41. The maximum absolute atomic E-state index is 12.8. The standard InChI is InChI=1S/C20H27ClN2O3S/c1-20(2,3)27(24)23-17(9-10-19-25-11-6-12-26-19)15-13-18(21)22-16-8-5-4-7-14(15)16/h4-5,7-8,13,17,19,23H,6,9-12H2,1-3H3. The van der Waals surface area contributed by atoms with Crippen LogP contribution in [0.25, 0.3) is 10.9 Å². The fraction of sp³-hybridized carbons (Fsp3) is 0.550. The molecule has 2 heterocycles. The van der Waals surface area contributed by atoms with Crippen molar-refractivity contribution in [3.63, 3.8) is 0 Å². The third-order valence-corrected chi connectivity index (χ3v) is 6.29. The van der Waals surface area contributed by atoms with Crippen LogP contribution in [0.2, 0.25) is 5.15 Å². The summed E-state index contributed by atoms with van der Waals surface area (Å²) in [5.74, 6) is 0. The first kappa shape index (κ1) is 20.8. The highest BCUT2D eigenvalue weighted by molar-refractivity contribution is 7.90. The van der Waals surface area contributed by atoms with Crippen molar-refractivity contribution >= 4 is 33.9 Å². The Balaban J connectivity index is 1.88. The monoisotopic (exact) mass is 410 g/mol. The number of hydrogen-bond acceptors (Lipinski definition) is 5. The van der Waals surface area contributed by atoms with Crippen molar-refractivity contribution in [1.82, 2.24) is 9.71 Å². The van der Waals surface area contributed by atoms with Gasteiger partial charge in [0.05, 0.1) is 24.8 Å². The second kappa shape index (κ2) is 9.07. The van der Waals surface area contributed by atoms with Gasteiger partial charge in [-0.1, -0.05) is 29.8 Å². The van der Waals surface area contributed by atoms with E-state index in [2.05, 4.69) is 9.71 Å². The maximum Gasteiger partial charge on any atom is 0.157 e. The van der Waals surface area contributed by atoms with Gasteiger partial charge in [0.2, 0.25) is 0 Å². The highest BCUT2D eigenvalue weighted by atomic mass is 35.5. The van der Waals surface area contributed by atoms with Gasteiger partial charge in [-0.25, -0.2) is 4.98 Å². The minimum atomic E-state index is -1.22. The Morgan fingerprint density at radius 1 is 1.30 bits per heavy atom. The van der Waals surface area contributed by atoms with Crippen LogP contribution in [0.3, 0.4) is 0 Å². The maximum atomic E-state index is 12.8. The fourth-order valence-electron chi connectivity index (χ4n) is 3.05. The second-order valence-corrected chi connectivity index (χ2v) is 10.1. The summed E-state index contributed by atoms with van der Waals surface area (Å²) in [5, 5.41) is 1.44. The summed E-state index contributed by atoms with van der Waals surface area (Å²) in [6.07, 6.45) is 2.15. The average Bonchev–Trinajstić information content (AvgIpc) is 2.64. The van der Waals surface area contributed by atoms with Gasteiger partial charge in [0, 0.05) is 23.2 Å². The van der Waals surface area contributed by atoms with Crippen LogP contribution in [0.1, 0.15) is 51.6 Å². The highest BCUT2D eigenvalue weighted by Gasteiger charge is 2.31. The van der Waals surface area contributed by atoms with Gasteiger partial charge in [0.15, 0.2) is 6.29 Å². The predicted molar refractivity (Wildman–Crippen MR) is 110 cm³/mol. The van der Waals surface area contributed by atoms with Gasteiger partial charge >= 0.3 is 0 Å². The third-order valence-electron chi connectivity index (χ3n) is 4.49. The largest absolute Gasteiger partial charge is 0.598 e. The van der Waals surface area contributed by atoms with Crippen LogP contribution in [-0.4, -0.2) is 33.8 Å². The van der Waals surface area contributed by atoms with Crippen molar-refractivity contribution in [2.24, 2.45) is 0 Å². The topological polar surface area (TPSA) is 66.4 Å². The first-order valence-corrected chi connectivity index (χ1v) is 10.8. The molecule has 1 saturated heterocycles. The predicted octanol–water partition coefficient (Wildman–Crippen LogP) is 4.52. The van der Waals surface area contributed by atoms with Crippen LogP contribution < -0.4 is 4.72 Å². The first-order valence-electron chi connectivity index (χ1n) is 9.31. The quantitative estimate of drug-likeness (QED) is 0.560. The summed E-state index contributed by atoms with van der Waals surface area (Å²) in [7, 11) is 0.